The first-order valence-corrected chi connectivity index (χ1v) is 6.32. The molecule has 5 nitrogen and oxygen atoms in total. The molecule has 1 aliphatic rings. The van der Waals surface area contributed by atoms with Crippen molar-refractivity contribution < 1.29 is 4.79 Å². The highest BCUT2D eigenvalue weighted by molar-refractivity contribution is 5.94. The summed E-state index contributed by atoms with van der Waals surface area (Å²) in [7, 11) is 0. The first-order chi connectivity index (χ1) is 8.83. The van der Waals surface area contributed by atoms with Crippen molar-refractivity contribution in [2.75, 3.05) is 11.9 Å². The van der Waals surface area contributed by atoms with Crippen LogP contribution < -0.4 is 10.6 Å². The second kappa shape index (κ2) is 4.78. The number of rotatable bonds is 2. The zero-order valence-corrected chi connectivity index (χ0v) is 10.1. The highest BCUT2D eigenvalue weighted by Gasteiger charge is 2.21. The molecule has 1 fully saturated rings. The van der Waals surface area contributed by atoms with E-state index in [-0.39, 0.29) is 11.9 Å². The van der Waals surface area contributed by atoms with Gasteiger partial charge in [0.15, 0.2) is 0 Å². The van der Waals surface area contributed by atoms with Crippen LogP contribution in [0.3, 0.4) is 0 Å². The van der Waals surface area contributed by atoms with E-state index < -0.39 is 0 Å². The monoisotopic (exact) mass is 244 g/mol. The van der Waals surface area contributed by atoms with Crippen LogP contribution in [0.25, 0.3) is 11.0 Å². The van der Waals surface area contributed by atoms with E-state index in [0.29, 0.717) is 5.95 Å². The second-order valence-electron chi connectivity index (χ2n) is 4.59. The molecule has 1 aliphatic heterocycles. The van der Waals surface area contributed by atoms with Crippen LogP contribution in [0.1, 0.15) is 19.3 Å². The van der Waals surface area contributed by atoms with Crippen LogP contribution in [-0.4, -0.2) is 28.5 Å². The van der Waals surface area contributed by atoms with Gasteiger partial charge in [0.05, 0.1) is 17.1 Å². The molecule has 1 aromatic carbocycles. The Bertz CT molecular complexity index is 524. The minimum Gasteiger partial charge on any atom is -0.324 e. The van der Waals surface area contributed by atoms with Crippen molar-refractivity contribution in [2.45, 2.75) is 25.3 Å². The number of anilines is 1. The lowest BCUT2D eigenvalue weighted by Gasteiger charge is -2.21. The van der Waals surface area contributed by atoms with Crippen molar-refractivity contribution in [3.63, 3.8) is 0 Å². The quantitative estimate of drug-likeness (QED) is 0.752. The summed E-state index contributed by atoms with van der Waals surface area (Å²) < 4.78 is 0. The van der Waals surface area contributed by atoms with Gasteiger partial charge in [-0.2, -0.15) is 0 Å². The number of piperidine rings is 1. The van der Waals surface area contributed by atoms with E-state index in [1.165, 1.54) is 0 Å². The fraction of sp³-hybridized carbons (Fsp3) is 0.385. The molecule has 3 N–H and O–H groups in total. The van der Waals surface area contributed by atoms with Crippen molar-refractivity contribution in [1.82, 2.24) is 15.3 Å². The van der Waals surface area contributed by atoms with Crippen molar-refractivity contribution in [2.24, 2.45) is 0 Å². The first kappa shape index (κ1) is 11.2. The van der Waals surface area contributed by atoms with Crippen LogP contribution in [-0.2, 0) is 4.79 Å². The SMILES string of the molecule is O=C(Nc1nc2ccccc2[nH]1)[C@@H]1CCCCN1. The Labute approximate surface area is 105 Å². The molecule has 0 radical (unpaired) electrons. The van der Waals surface area contributed by atoms with E-state index in [9.17, 15) is 4.79 Å². The summed E-state index contributed by atoms with van der Waals surface area (Å²) in [6.45, 7) is 0.915. The van der Waals surface area contributed by atoms with E-state index in [1.807, 2.05) is 24.3 Å². The van der Waals surface area contributed by atoms with E-state index in [2.05, 4.69) is 20.6 Å². The minimum atomic E-state index is -0.0908. The van der Waals surface area contributed by atoms with Crippen molar-refractivity contribution in [3.8, 4) is 0 Å². The zero-order chi connectivity index (χ0) is 12.4. The minimum absolute atomic E-state index is 0.00578. The molecule has 0 unspecified atom stereocenters. The molecule has 1 atom stereocenters. The summed E-state index contributed by atoms with van der Waals surface area (Å²) in [5.41, 5.74) is 1.80. The summed E-state index contributed by atoms with van der Waals surface area (Å²) in [4.78, 5) is 19.4. The third-order valence-corrected chi connectivity index (χ3v) is 3.26. The Morgan fingerprint density at radius 1 is 1.33 bits per heavy atom. The molecular weight excluding hydrogens is 228 g/mol. The van der Waals surface area contributed by atoms with Gasteiger partial charge in [-0.25, -0.2) is 4.98 Å². The van der Waals surface area contributed by atoms with Gasteiger partial charge in [0.2, 0.25) is 11.9 Å². The number of H-pyrrole nitrogens is 1. The van der Waals surface area contributed by atoms with Gasteiger partial charge in [0, 0.05) is 0 Å². The molecule has 0 bridgehead atoms. The zero-order valence-electron chi connectivity index (χ0n) is 10.1. The fourth-order valence-corrected chi connectivity index (χ4v) is 2.29. The maximum atomic E-state index is 12.0. The van der Waals surface area contributed by atoms with Gasteiger partial charge in [-0.1, -0.05) is 18.6 Å². The van der Waals surface area contributed by atoms with Crippen LogP contribution >= 0.6 is 0 Å². The Morgan fingerprint density at radius 2 is 2.22 bits per heavy atom. The highest BCUT2D eigenvalue weighted by atomic mass is 16.2. The Morgan fingerprint density at radius 3 is 3.00 bits per heavy atom. The topological polar surface area (TPSA) is 69.8 Å². The number of aromatic nitrogens is 2. The average molecular weight is 244 g/mol. The van der Waals surface area contributed by atoms with Gasteiger partial charge in [0.25, 0.3) is 0 Å². The smallest absolute Gasteiger partial charge is 0.243 e. The molecule has 0 saturated carbocycles. The number of carbonyl (C=O) groups is 1. The largest absolute Gasteiger partial charge is 0.324 e. The molecule has 1 amide bonds. The van der Waals surface area contributed by atoms with E-state index in [4.69, 9.17) is 0 Å². The summed E-state index contributed by atoms with van der Waals surface area (Å²) in [6.07, 6.45) is 3.14. The second-order valence-corrected chi connectivity index (χ2v) is 4.59. The Hall–Kier alpha value is -1.88. The number of hydrogen-bond acceptors (Lipinski definition) is 3. The first-order valence-electron chi connectivity index (χ1n) is 6.32. The lowest BCUT2D eigenvalue weighted by molar-refractivity contribution is -0.118. The van der Waals surface area contributed by atoms with Gasteiger partial charge in [-0.15, -0.1) is 0 Å². The lowest BCUT2D eigenvalue weighted by Crippen LogP contribution is -2.43. The van der Waals surface area contributed by atoms with Gasteiger partial charge in [-0.05, 0) is 31.5 Å². The number of carbonyl (C=O) groups excluding carboxylic acids is 1. The number of nitrogens with one attached hydrogen (secondary N) is 3. The van der Waals surface area contributed by atoms with Gasteiger partial charge < -0.3 is 10.3 Å². The Kier molecular flexibility index (Phi) is 2.98. The van der Waals surface area contributed by atoms with Crippen LogP contribution in [0, 0.1) is 0 Å². The van der Waals surface area contributed by atoms with Crippen LogP contribution in [0.2, 0.25) is 0 Å². The third-order valence-electron chi connectivity index (χ3n) is 3.26. The number of benzene rings is 1. The van der Waals surface area contributed by atoms with E-state index in [1.54, 1.807) is 0 Å². The van der Waals surface area contributed by atoms with Crippen molar-refractivity contribution in [3.05, 3.63) is 24.3 Å². The number of para-hydroxylation sites is 2. The number of nitrogens with zero attached hydrogens (tertiary/aromatic N) is 1. The maximum absolute atomic E-state index is 12.0. The van der Waals surface area contributed by atoms with Gasteiger partial charge in [-0.3, -0.25) is 10.1 Å². The molecule has 1 aromatic heterocycles. The summed E-state index contributed by atoms with van der Waals surface area (Å²) in [5, 5.41) is 6.05. The lowest BCUT2D eigenvalue weighted by atomic mass is 10.0. The standard InChI is InChI=1S/C13H16N4O/c18-12(11-7-3-4-8-14-11)17-13-15-9-5-1-2-6-10(9)16-13/h1-2,5-6,11,14H,3-4,7-8H2,(H2,15,16,17,18)/t11-/m0/s1. The maximum Gasteiger partial charge on any atom is 0.243 e. The molecule has 5 heteroatoms. The highest BCUT2D eigenvalue weighted by Crippen LogP contribution is 2.14. The molecule has 2 aromatic rings. The number of imidazole rings is 1. The third kappa shape index (κ3) is 2.22. The van der Waals surface area contributed by atoms with Crippen LogP contribution in [0.15, 0.2) is 24.3 Å². The number of aromatic amines is 1. The average Bonchev–Trinajstić information content (AvgIpc) is 2.82. The molecule has 3 rings (SSSR count). The number of amides is 1. The van der Waals surface area contributed by atoms with Crippen molar-refractivity contribution in [1.29, 1.82) is 0 Å². The number of hydrogen-bond donors (Lipinski definition) is 3. The summed E-state index contributed by atoms with van der Waals surface area (Å²) in [6, 6.07) is 7.63. The summed E-state index contributed by atoms with van der Waals surface area (Å²) >= 11 is 0. The van der Waals surface area contributed by atoms with Crippen LogP contribution in [0.5, 0.6) is 0 Å². The van der Waals surface area contributed by atoms with Crippen molar-refractivity contribution >= 4 is 22.9 Å². The fourth-order valence-electron chi connectivity index (χ4n) is 2.29. The molecule has 18 heavy (non-hydrogen) atoms. The Balaban J connectivity index is 1.73. The molecule has 2 heterocycles. The molecule has 0 aliphatic carbocycles. The normalized spacial score (nSPS) is 19.9. The molecule has 1 saturated heterocycles. The molecular formula is C13H16N4O. The van der Waals surface area contributed by atoms with Gasteiger partial charge in [0.1, 0.15) is 0 Å². The van der Waals surface area contributed by atoms with E-state index in [0.717, 1.165) is 36.8 Å². The van der Waals surface area contributed by atoms with E-state index >= 15 is 0 Å². The molecule has 0 spiro atoms. The predicted octanol–water partition coefficient (Wildman–Crippen LogP) is 1.64. The number of fused-ring (bicyclic) bond motifs is 1. The van der Waals surface area contributed by atoms with Gasteiger partial charge >= 0.3 is 0 Å². The summed E-state index contributed by atoms with van der Waals surface area (Å²) in [5.74, 6) is 0.516. The predicted molar refractivity (Wildman–Crippen MR) is 70.4 cm³/mol. The molecule has 94 valence electrons. The van der Waals surface area contributed by atoms with Crippen LogP contribution in [0.4, 0.5) is 5.95 Å².